The Bertz CT molecular complexity index is 1860. The Kier molecular flexibility index (Phi) is 9.30. The molecule has 0 unspecified atom stereocenters. The van der Waals surface area contributed by atoms with Crippen LogP contribution in [-0.2, 0) is 9.59 Å². The Morgan fingerprint density at radius 3 is 2.49 bits per heavy atom. The van der Waals surface area contributed by atoms with Crippen LogP contribution in [-0.4, -0.2) is 103 Å². The quantitative estimate of drug-likeness (QED) is 0.214. The summed E-state index contributed by atoms with van der Waals surface area (Å²) < 4.78 is 14.9. The summed E-state index contributed by atoms with van der Waals surface area (Å²) in [5, 5.41) is 23.3. The van der Waals surface area contributed by atoms with Gasteiger partial charge in [0.2, 0.25) is 11.8 Å². The summed E-state index contributed by atoms with van der Waals surface area (Å²) in [4.78, 5) is 59.9. The lowest BCUT2D eigenvalue weighted by atomic mass is 9.78. The number of carboxylic acid groups (broad SMARTS) is 1. The first kappa shape index (κ1) is 32.7. The molecule has 0 bridgehead atoms. The average molecular weight is 673 g/mol. The van der Waals surface area contributed by atoms with Crippen LogP contribution >= 0.6 is 0 Å². The van der Waals surface area contributed by atoms with Gasteiger partial charge in [-0.05, 0) is 100 Å². The second kappa shape index (κ2) is 13.9. The molecule has 3 atom stereocenters. The molecule has 2 saturated heterocycles. The number of anilines is 1. The summed E-state index contributed by atoms with van der Waals surface area (Å²) in [6, 6.07) is 12.8. The fraction of sp³-hybridized carbons (Fsp3) is 0.486. The molecular weight excluding hydrogens is 631 g/mol. The molecule has 3 amide bonds. The van der Waals surface area contributed by atoms with Crippen LogP contribution in [0.25, 0.3) is 21.9 Å². The van der Waals surface area contributed by atoms with E-state index in [1.165, 1.54) is 4.68 Å². The lowest BCUT2D eigenvalue weighted by Gasteiger charge is -2.38. The van der Waals surface area contributed by atoms with E-state index in [0.29, 0.717) is 61.1 Å². The number of nitrogens with one attached hydrogen (secondary N) is 3. The van der Waals surface area contributed by atoms with Crippen molar-refractivity contribution < 1.29 is 28.7 Å². The highest BCUT2D eigenvalue weighted by atomic mass is 19.1. The highest BCUT2D eigenvalue weighted by Gasteiger charge is 2.46. The zero-order valence-corrected chi connectivity index (χ0v) is 27.2. The van der Waals surface area contributed by atoms with Crippen molar-refractivity contribution in [1.29, 1.82) is 0 Å². The Hall–Kier alpha value is -4.85. The van der Waals surface area contributed by atoms with Gasteiger partial charge in [-0.15, -0.1) is 5.10 Å². The molecule has 4 heterocycles. The molecule has 4 aromatic rings. The van der Waals surface area contributed by atoms with Gasteiger partial charge >= 0.3 is 6.09 Å². The third-order valence-corrected chi connectivity index (χ3v) is 10.6. The predicted molar refractivity (Wildman–Crippen MR) is 180 cm³/mol. The SMILES string of the molecule is O=C(O)N[C@H](CF)C1CCC(C(=O)N2CC[C@@H](N3CCCCC3)[C@H]2C(=O)Nc2ccc3[nH]c(C(=O)n4nnc5ccccc54)cc3c2)CC1. The summed E-state index contributed by atoms with van der Waals surface area (Å²) in [5.74, 6) is -1.14. The van der Waals surface area contributed by atoms with Crippen molar-refractivity contribution >= 4 is 51.4 Å². The topological polar surface area (TPSA) is 166 Å². The number of carbonyl (C=O) groups excluding carboxylic acids is 3. The van der Waals surface area contributed by atoms with E-state index < -0.39 is 24.9 Å². The smallest absolute Gasteiger partial charge is 0.404 e. The van der Waals surface area contributed by atoms with Crippen LogP contribution in [0.5, 0.6) is 0 Å². The Labute approximate surface area is 282 Å². The lowest BCUT2D eigenvalue weighted by Crippen LogP contribution is -2.55. The molecule has 0 radical (unpaired) electrons. The zero-order chi connectivity index (χ0) is 34.1. The molecule has 49 heavy (non-hydrogen) atoms. The van der Waals surface area contributed by atoms with Gasteiger partial charge in [-0.1, -0.05) is 23.8 Å². The molecule has 4 N–H and O–H groups in total. The minimum atomic E-state index is -1.25. The van der Waals surface area contributed by atoms with E-state index in [9.17, 15) is 23.6 Å². The largest absolute Gasteiger partial charge is 0.465 e. The van der Waals surface area contributed by atoms with Crippen LogP contribution in [0.2, 0.25) is 0 Å². The first-order valence-corrected chi connectivity index (χ1v) is 17.2. The minimum absolute atomic E-state index is 0.0639. The first-order chi connectivity index (χ1) is 23.8. The van der Waals surface area contributed by atoms with E-state index in [2.05, 4.69) is 30.8 Å². The van der Waals surface area contributed by atoms with Crippen LogP contribution in [0.1, 0.15) is 61.9 Å². The van der Waals surface area contributed by atoms with Gasteiger partial charge in [0, 0.05) is 35.1 Å². The normalized spacial score (nSPS) is 23.8. The number of hydrogen-bond acceptors (Lipinski definition) is 7. The van der Waals surface area contributed by atoms with Gasteiger partial charge < -0.3 is 25.6 Å². The number of hydrogen-bond donors (Lipinski definition) is 4. The molecule has 0 spiro atoms. The van der Waals surface area contributed by atoms with E-state index in [0.717, 1.165) is 43.3 Å². The molecule has 7 rings (SSSR count). The number of piperidine rings is 1. The molecule has 1 saturated carbocycles. The van der Waals surface area contributed by atoms with Crippen molar-refractivity contribution in [3.8, 4) is 0 Å². The molecule has 258 valence electrons. The molecule has 1 aliphatic carbocycles. The number of likely N-dealkylation sites (tertiary alicyclic amines) is 2. The van der Waals surface area contributed by atoms with Crippen molar-refractivity contribution in [2.45, 2.75) is 69.5 Å². The van der Waals surface area contributed by atoms with E-state index >= 15 is 0 Å². The number of benzene rings is 2. The number of rotatable bonds is 8. The zero-order valence-electron chi connectivity index (χ0n) is 27.2. The summed E-state index contributed by atoms with van der Waals surface area (Å²) in [5.41, 5.74) is 2.83. The Morgan fingerprint density at radius 1 is 0.959 bits per heavy atom. The second-order valence-corrected chi connectivity index (χ2v) is 13.5. The van der Waals surface area contributed by atoms with Crippen LogP contribution in [0.3, 0.4) is 0 Å². The maximum Gasteiger partial charge on any atom is 0.404 e. The molecular formula is C35H41FN8O5. The van der Waals surface area contributed by atoms with Crippen molar-refractivity contribution in [2.75, 3.05) is 31.6 Å². The minimum Gasteiger partial charge on any atom is -0.465 e. The number of aromatic amines is 1. The van der Waals surface area contributed by atoms with E-state index in [4.69, 9.17) is 5.11 Å². The fourth-order valence-corrected chi connectivity index (χ4v) is 8.09. The van der Waals surface area contributed by atoms with Crippen molar-refractivity contribution in [3.05, 3.63) is 54.2 Å². The number of nitrogens with zero attached hydrogens (tertiary/aromatic N) is 5. The number of amides is 3. The average Bonchev–Trinajstić information content (AvgIpc) is 3.87. The van der Waals surface area contributed by atoms with Gasteiger partial charge in [0.05, 0.1) is 11.6 Å². The van der Waals surface area contributed by atoms with Crippen molar-refractivity contribution in [3.63, 3.8) is 0 Å². The molecule has 2 aromatic carbocycles. The van der Waals surface area contributed by atoms with Gasteiger partial charge in [0.15, 0.2) is 0 Å². The van der Waals surface area contributed by atoms with Crippen LogP contribution in [0, 0.1) is 11.8 Å². The maximum absolute atomic E-state index is 14.2. The number of fused-ring (bicyclic) bond motifs is 2. The van der Waals surface area contributed by atoms with Crippen molar-refractivity contribution in [1.82, 2.24) is 35.1 Å². The van der Waals surface area contributed by atoms with Crippen LogP contribution in [0.15, 0.2) is 48.5 Å². The lowest BCUT2D eigenvalue weighted by molar-refractivity contribution is -0.142. The number of H-pyrrole nitrogens is 1. The standard InChI is InChI=1S/C35H41FN8O5/c36-20-28(39-35(48)49)21-8-10-22(11-9-21)33(46)43-17-14-30(42-15-4-1-5-16-42)31(43)32(45)37-24-12-13-25-23(18-24)19-27(38-25)34(47)44-29-7-3-2-6-26(29)40-41-44/h2-3,6-7,12-13,18-19,21-22,28,30-31,38-39H,1,4-5,8-11,14-17,20H2,(H,37,45)(H,48,49)/t21?,22?,28-,30-,31+/m1/s1. The third kappa shape index (κ3) is 6.61. The maximum atomic E-state index is 14.2. The van der Waals surface area contributed by atoms with E-state index in [-0.39, 0.29) is 35.6 Å². The highest BCUT2D eigenvalue weighted by molar-refractivity contribution is 6.04. The van der Waals surface area contributed by atoms with Crippen LogP contribution in [0.4, 0.5) is 14.9 Å². The van der Waals surface area contributed by atoms with E-state index in [1.807, 2.05) is 24.3 Å². The predicted octanol–water partition coefficient (Wildman–Crippen LogP) is 4.41. The summed E-state index contributed by atoms with van der Waals surface area (Å²) in [7, 11) is 0. The highest BCUT2D eigenvalue weighted by Crippen LogP contribution is 2.35. The number of carbonyl (C=O) groups is 4. The van der Waals surface area contributed by atoms with Gasteiger partial charge in [-0.2, -0.15) is 4.68 Å². The number of aromatic nitrogens is 4. The van der Waals surface area contributed by atoms with Gasteiger partial charge in [-0.3, -0.25) is 19.3 Å². The molecule has 3 aliphatic rings. The monoisotopic (exact) mass is 672 g/mol. The van der Waals surface area contributed by atoms with Crippen LogP contribution < -0.4 is 10.6 Å². The summed E-state index contributed by atoms with van der Waals surface area (Å²) in [6.07, 6.45) is 4.84. The summed E-state index contributed by atoms with van der Waals surface area (Å²) in [6.45, 7) is 1.46. The Balaban J connectivity index is 1.08. The second-order valence-electron chi connectivity index (χ2n) is 13.5. The van der Waals surface area contributed by atoms with Crippen molar-refractivity contribution in [2.24, 2.45) is 11.8 Å². The first-order valence-electron chi connectivity index (χ1n) is 17.2. The van der Waals surface area contributed by atoms with Gasteiger partial charge in [-0.25, -0.2) is 9.18 Å². The van der Waals surface area contributed by atoms with Gasteiger partial charge in [0.25, 0.3) is 5.91 Å². The molecule has 13 nitrogen and oxygen atoms in total. The number of alkyl halides is 1. The number of halogens is 1. The number of para-hydroxylation sites is 1. The van der Waals surface area contributed by atoms with E-state index in [1.54, 1.807) is 29.2 Å². The Morgan fingerprint density at radius 2 is 1.73 bits per heavy atom. The molecule has 3 fully saturated rings. The molecule has 2 aromatic heterocycles. The fourth-order valence-electron chi connectivity index (χ4n) is 8.09. The molecule has 14 heteroatoms. The summed E-state index contributed by atoms with van der Waals surface area (Å²) >= 11 is 0. The molecule has 2 aliphatic heterocycles. The third-order valence-electron chi connectivity index (χ3n) is 10.6. The van der Waals surface area contributed by atoms with Gasteiger partial charge in [0.1, 0.15) is 23.9 Å².